The van der Waals surface area contributed by atoms with Crippen LogP contribution in [-0.4, -0.2) is 45.1 Å². The molecule has 2 heterocycles. The maximum atomic E-state index is 14.3. The fourth-order valence-corrected chi connectivity index (χ4v) is 6.20. The first-order valence-electron chi connectivity index (χ1n) is 13.4. The van der Waals surface area contributed by atoms with E-state index in [4.69, 9.17) is 30.1 Å². The van der Waals surface area contributed by atoms with Crippen molar-refractivity contribution < 1.29 is 28.5 Å². The number of allylic oxidation sites excluding steroid dienone is 1. The van der Waals surface area contributed by atoms with E-state index in [1.165, 1.54) is 37.2 Å². The lowest BCUT2D eigenvalue weighted by Gasteiger charge is -2.26. The molecule has 5 rings (SSSR count). The first kappa shape index (κ1) is 29.5. The predicted molar refractivity (Wildman–Crippen MR) is 165 cm³/mol. The molecule has 43 heavy (non-hydrogen) atoms. The third-order valence-corrected chi connectivity index (χ3v) is 8.02. The van der Waals surface area contributed by atoms with Crippen LogP contribution in [0.2, 0.25) is 0 Å². The molecule has 1 aliphatic rings. The summed E-state index contributed by atoms with van der Waals surface area (Å²) in [5, 5.41) is 1.87. The van der Waals surface area contributed by atoms with E-state index in [1.807, 2.05) is 36.4 Å². The van der Waals surface area contributed by atoms with Gasteiger partial charge < -0.3 is 23.7 Å². The van der Waals surface area contributed by atoms with Crippen LogP contribution in [-0.2, 0) is 9.53 Å². The molecule has 0 aliphatic carbocycles. The zero-order chi connectivity index (χ0) is 30.7. The molecule has 0 unspecified atom stereocenters. The molecule has 1 atom stereocenters. The van der Waals surface area contributed by atoms with E-state index in [9.17, 15) is 9.59 Å². The largest absolute Gasteiger partial charge is 0.493 e. The Bertz CT molecular complexity index is 1960. The molecule has 0 spiro atoms. The first-order valence-corrected chi connectivity index (χ1v) is 14.3. The van der Waals surface area contributed by atoms with E-state index in [0.29, 0.717) is 49.2 Å². The molecule has 4 aromatic rings. The van der Waals surface area contributed by atoms with Crippen LogP contribution in [0.5, 0.6) is 23.0 Å². The number of rotatable bonds is 9. The molecular weight excluding hydrogens is 568 g/mol. The number of fused-ring (bicyclic) bond motifs is 2. The Morgan fingerprint density at radius 2 is 1.79 bits per heavy atom. The number of ether oxygens (including phenoxy) is 5. The van der Waals surface area contributed by atoms with Crippen LogP contribution in [0.4, 0.5) is 0 Å². The maximum absolute atomic E-state index is 14.3. The van der Waals surface area contributed by atoms with Gasteiger partial charge in [-0.3, -0.25) is 9.36 Å². The van der Waals surface area contributed by atoms with Crippen LogP contribution < -0.4 is 33.8 Å². The lowest BCUT2D eigenvalue weighted by molar-refractivity contribution is -0.139. The minimum absolute atomic E-state index is 0.0731. The molecule has 0 fully saturated rings. The minimum atomic E-state index is -0.879. The fraction of sp³-hybridized carbons (Fsp3) is 0.242. The van der Waals surface area contributed by atoms with Crippen molar-refractivity contribution in [1.82, 2.24) is 4.57 Å². The van der Waals surface area contributed by atoms with E-state index < -0.39 is 12.0 Å². The van der Waals surface area contributed by atoms with Gasteiger partial charge in [0.2, 0.25) is 5.75 Å². The monoisotopic (exact) mass is 598 g/mol. The summed E-state index contributed by atoms with van der Waals surface area (Å²) in [6.45, 7) is 3.68. The summed E-state index contributed by atoms with van der Waals surface area (Å²) in [6.07, 6.45) is 7.25. The van der Waals surface area contributed by atoms with Crippen LogP contribution in [0.25, 0.3) is 16.8 Å². The Morgan fingerprint density at radius 3 is 2.44 bits per heavy atom. The first-order chi connectivity index (χ1) is 20.9. The molecule has 3 aromatic carbocycles. The highest BCUT2D eigenvalue weighted by atomic mass is 32.1. The average molecular weight is 599 g/mol. The molecule has 1 aliphatic heterocycles. The zero-order valence-electron chi connectivity index (χ0n) is 24.4. The summed E-state index contributed by atoms with van der Waals surface area (Å²) >= 11 is 1.21. The normalized spacial score (nSPS) is 14.5. The molecule has 0 bridgehead atoms. The molecule has 0 amide bonds. The van der Waals surface area contributed by atoms with Crippen LogP contribution in [0.15, 0.2) is 69.6 Å². The van der Waals surface area contributed by atoms with Gasteiger partial charge in [0.15, 0.2) is 16.3 Å². The van der Waals surface area contributed by atoms with Gasteiger partial charge in [0, 0.05) is 5.56 Å². The number of methoxy groups -OCH3 is 3. The standard InChI is InChI=1S/C33H30N2O7S/c1-7-15-42-24-14-13-20-11-9-10-12-22(20)23(24)18-27-31(36)35-29(21-16-25(38-4)30(40-6)26(17-21)39-5)28(32(37)41-8-2)19(3)34-33(35)43-27/h1,9-14,16-18,29H,8,15H2,2-6H3/b27-18-/t29-/m0/s1. The number of thiazole rings is 1. The van der Waals surface area contributed by atoms with Crippen molar-refractivity contribution in [3.8, 4) is 35.3 Å². The van der Waals surface area contributed by atoms with E-state index in [2.05, 4.69) is 10.9 Å². The number of carbonyl (C=O) groups is 1. The lowest BCUT2D eigenvalue weighted by Crippen LogP contribution is -2.40. The van der Waals surface area contributed by atoms with Crippen molar-refractivity contribution in [3.05, 3.63) is 90.6 Å². The molecule has 0 radical (unpaired) electrons. The van der Waals surface area contributed by atoms with Crippen LogP contribution in [0.1, 0.15) is 31.0 Å². The summed E-state index contributed by atoms with van der Waals surface area (Å²) in [4.78, 5) is 32.7. The second-order valence-electron chi connectivity index (χ2n) is 9.45. The lowest BCUT2D eigenvalue weighted by atomic mass is 9.95. The molecular formula is C33H30N2O7S. The second kappa shape index (κ2) is 12.5. The highest BCUT2D eigenvalue weighted by Crippen LogP contribution is 2.42. The summed E-state index contributed by atoms with van der Waals surface area (Å²) in [7, 11) is 4.51. The Hall–Kier alpha value is -5.01. The van der Waals surface area contributed by atoms with Gasteiger partial charge in [0.25, 0.3) is 5.56 Å². The van der Waals surface area contributed by atoms with Crippen molar-refractivity contribution in [2.24, 2.45) is 4.99 Å². The summed E-state index contributed by atoms with van der Waals surface area (Å²) in [5.41, 5.74) is 1.60. The molecule has 0 N–H and O–H groups in total. The third-order valence-electron chi connectivity index (χ3n) is 7.04. The van der Waals surface area contributed by atoms with Crippen molar-refractivity contribution >= 4 is 34.2 Å². The van der Waals surface area contributed by atoms with Crippen molar-refractivity contribution in [2.45, 2.75) is 19.9 Å². The Morgan fingerprint density at radius 1 is 1.07 bits per heavy atom. The highest BCUT2D eigenvalue weighted by Gasteiger charge is 2.34. The van der Waals surface area contributed by atoms with Gasteiger partial charge in [-0.05, 0) is 54.5 Å². The molecule has 9 nitrogen and oxygen atoms in total. The van der Waals surface area contributed by atoms with Gasteiger partial charge in [0.1, 0.15) is 12.4 Å². The van der Waals surface area contributed by atoms with Gasteiger partial charge in [0.05, 0.1) is 49.8 Å². The molecule has 0 saturated carbocycles. The Kier molecular flexibility index (Phi) is 8.55. The van der Waals surface area contributed by atoms with E-state index in [0.717, 1.165) is 10.8 Å². The fourth-order valence-electron chi connectivity index (χ4n) is 5.17. The van der Waals surface area contributed by atoms with E-state index in [1.54, 1.807) is 32.1 Å². The predicted octanol–water partition coefficient (Wildman–Crippen LogP) is 3.99. The number of benzene rings is 3. The quantitative estimate of drug-likeness (QED) is 0.212. The molecule has 1 aromatic heterocycles. The van der Waals surface area contributed by atoms with Crippen molar-refractivity contribution in [1.29, 1.82) is 0 Å². The topological polar surface area (TPSA) is 97.6 Å². The smallest absolute Gasteiger partial charge is 0.338 e. The average Bonchev–Trinajstić information content (AvgIpc) is 3.32. The zero-order valence-corrected chi connectivity index (χ0v) is 25.2. The van der Waals surface area contributed by atoms with Crippen LogP contribution >= 0.6 is 11.3 Å². The Balaban J connectivity index is 1.81. The third kappa shape index (κ3) is 5.35. The van der Waals surface area contributed by atoms with Gasteiger partial charge >= 0.3 is 5.97 Å². The second-order valence-corrected chi connectivity index (χ2v) is 10.5. The number of hydrogen-bond acceptors (Lipinski definition) is 9. The number of carbonyl (C=O) groups excluding carboxylic acids is 1. The Labute approximate surface area is 252 Å². The molecule has 220 valence electrons. The van der Waals surface area contributed by atoms with Gasteiger partial charge in [-0.2, -0.15) is 0 Å². The summed E-state index contributed by atoms with van der Waals surface area (Å²) in [6, 6.07) is 14.2. The SMILES string of the molecule is C#CCOc1ccc2ccccc2c1/C=c1\sc2n(c1=O)[C@@H](c1cc(OC)c(OC)c(OC)c1)C(C(=O)OCC)=C(C)N=2. The van der Waals surface area contributed by atoms with Crippen molar-refractivity contribution in [3.63, 3.8) is 0 Å². The van der Waals surface area contributed by atoms with Crippen LogP contribution in [0.3, 0.4) is 0 Å². The van der Waals surface area contributed by atoms with Crippen LogP contribution in [0, 0.1) is 12.3 Å². The minimum Gasteiger partial charge on any atom is -0.493 e. The van der Waals surface area contributed by atoms with Gasteiger partial charge in [-0.15, -0.1) is 6.42 Å². The van der Waals surface area contributed by atoms with E-state index >= 15 is 0 Å². The molecule has 0 saturated heterocycles. The number of aromatic nitrogens is 1. The molecule has 10 heteroatoms. The number of terminal acetylenes is 1. The summed E-state index contributed by atoms with van der Waals surface area (Å²) in [5.74, 6) is 3.61. The van der Waals surface area contributed by atoms with Crippen molar-refractivity contribution in [2.75, 3.05) is 34.5 Å². The van der Waals surface area contributed by atoms with E-state index in [-0.39, 0.29) is 24.3 Å². The number of hydrogen-bond donors (Lipinski definition) is 0. The number of esters is 1. The highest BCUT2D eigenvalue weighted by molar-refractivity contribution is 7.07. The number of nitrogens with zero attached hydrogens (tertiary/aromatic N) is 2. The summed E-state index contributed by atoms with van der Waals surface area (Å²) < 4.78 is 29.9. The van der Waals surface area contributed by atoms with Gasteiger partial charge in [-0.1, -0.05) is 47.6 Å². The maximum Gasteiger partial charge on any atom is 0.338 e. The van der Waals surface area contributed by atoms with Gasteiger partial charge in [-0.25, -0.2) is 9.79 Å².